The number of nitrogens with one attached hydrogen (secondary N) is 3. The molecule has 1 atom stereocenters. The number of fused-ring (bicyclic) bond motifs is 1. The van der Waals surface area contributed by atoms with E-state index in [1.54, 1.807) is 13.3 Å². The van der Waals surface area contributed by atoms with Crippen molar-refractivity contribution >= 4 is 50.0 Å². The predicted molar refractivity (Wildman–Crippen MR) is 203 cm³/mol. The van der Waals surface area contributed by atoms with Crippen molar-refractivity contribution in [3.05, 3.63) is 88.2 Å². The Kier molecular flexibility index (Phi) is 10.4. The van der Waals surface area contributed by atoms with Gasteiger partial charge in [-0.25, -0.2) is 13.4 Å². The van der Waals surface area contributed by atoms with E-state index in [-0.39, 0.29) is 29.5 Å². The summed E-state index contributed by atoms with van der Waals surface area (Å²) >= 11 is 14.2. The summed E-state index contributed by atoms with van der Waals surface area (Å²) in [5, 5.41) is 12.0. The van der Waals surface area contributed by atoms with Gasteiger partial charge in [-0.1, -0.05) is 53.5 Å². The molecule has 3 N–H and O–H groups in total. The first-order valence-electron chi connectivity index (χ1n) is 17.1. The van der Waals surface area contributed by atoms with Gasteiger partial charge in [-0.15, -0.1) is 0 Å². The number of nitrogens with zero attached hydrogens (tertiary/aromatic N) is 3. The molecule has 2 aromatic carbocycles. The molecule has 2 aliphatic rings. The minimum absolute atomic E-state index is 0.103. The molecule has 7 rings (SSSR count). The number of pyridine rings is 2. The molecule has 0 aliphatic carbocycles. The minimum atomic E-state index is -2.90. The average molecular weight is 748 g/mol. The van der Waals surface area contributed by atoms with E-state index in [0.717, 1.165) is 56.5 Å². The maximum atomic E-state index is 11.8. The number of halogens is 2. The summed E-state index contributed by atoms with van der Waals surface area (Å²) in [6.07, 6.45) is 6.48. The van der Waals surface area contributed by atoms with E-state index in [1.807, 2.05) is 60.1 Å². The number of methoxy groups -OCH3 is 1. The van der Waals surface area contributed by atoms with E-state index in [2.05, 4.69) is 33.2 Å². The highest BCUT2D eigenvalue weighted by atomic mass is 35.5. The Balaban J connectivity index is 1.11. The van der Waals surface area contributed by atoms with Gasteiger partial charge in [-0.3, -0.25) is 9.78 Å². The lowest BCUT2D eigenvalue weighted by molar-refractivity contribution is -0.119. The van der Waals surface area contributed by atoms with Gasteiger partial charge in [0, 0.05) is 90.8 Å². The maximum Gasteiger partial charge on any atom is 0.220 e. The Morgan fingerprint density at radius 1 is 0.961 bits per heavy atom. The first-order valence-corrected chi connectivity index (χ1v) is 19.7. The fraction of sp³-hybridized carbons (Fsp3) is 0.342. The highest BCUT2D eigenvalue weighted by Crippen LogP contribution is 2.42. The van der Waals surface area contributed by atoms with E-state index >= 15 is 0 Å². The van der Waals surface area contributed by atoms with Crippen LogP contribution in [0.25, 0.3) is 44.7 Å². The third-order valence-corrected chi connectivity index (χ3v) is 12.4. The molecule has 0 unspecified atom stereocenters. The van der Waals surface area contributed by atoms with Gasteiger partial charge in [0.2, 0.25) is 5.91 Å². The third kappa shape index (κ3) is 7.64. The fourth-order valence-electron chi connectivity index (χ4n) is 7.01. The second-order valence-electron chi connectivity index (χ2n) is 13.3. The highest BCUT2D eigenvalue weighted by molar-refractivity contribution is 7.91. The van der Waals surface area contributed by atoms with Crippen LogP contribution in [0.15, 0.2) is 67.0 Å². The van der Waals surface area contributed by atoms with Gasteiger partial charge < -0.3 is 25.3 Å². The number of benzene rings is 2. The fourth-order valence-corrected chi connectivity index (χ4v) is 9.15. The summed E-state index contributed by atoms with van der Waals surface area (Å²) in [6.45, 7) is 1.92. The lowest BCUT2D eigenvalue weighted by Gasteiger charge is -2.23. The number of carbonyl (C=O) groups excluding carboxylic acids is 1. The SMILES string of the molecule is COc1cc(-c2nccc(-c3cccc(-c4ccc5c(CNC6CCS(=O)(=O)CC6)cn(C)c5n4)c3Cl)c2Cl)ccc1CNC[C@H]1CCC(=O)N1. The average Bonchev–Trinajstić information content (AvgIpc) is 3.69. The van der Waals surface area contributed by atoms with Crippen LogP contribution in [0.5, 0.6) is 5.75 Å². The number of ether oxygens (including phenoxy) is 1. The standard InChI is InChI=1S/C38H40Cl2N6O4S/c1-46-22-25(20-43-26-13-16-51(48,49)17-14-26)28-9-10-32(45-38(28)46)31-5-3-4-29(35(31)39)30-12-15-42-37(36(30)40)23-6-7-24(33(18-23)50-2)19-41-21-27-8-11-34(47)44-27/h3-7,9-10,12,15,18,22,26-27,41,43H,8,11,13-14,16-17,19-21H2,1-2H3,(H,44,47)/t27-/m1/s1. The number of hydrogen-bond donors (Lipinski definition) is 3. The molecular formula is C38H40Cl2N6O4S. The first kappa shape index (κ1) is 35.4. The number of sulfone groups is 1. The number of rotatable bonds is 11. The second-order valence-corrected chi connectivity index (χ2v) is 16.3. The van der Waals surface area contributed by atoms with Gasteiger partial charge in [-0.05, 0) is 49.1 Å². The molecule has 0 spiro atoms. The molecule has 2 saturated heterocycles. The van der Waals surface area contributed by atoms with Gasteiger partial charge in [0.05, 0.1) is 40.0 Å². The van der Waals surface area contributed by atoms with Crippen molar-refractivity contribution in [1.82, 2.24) is 30.5 Å². The molecule has 13 heteroatoms. The Labute approximate surface area is 307 Å². The normalized spacial score (nSPS) is 17.6. The minimum Gasteiger partial charge on any atom is -0.496 e. The summed E-state index contributed by atoms with van der Waals surface area (Å²) in [4.78, 5) is 21.2. The molecule has 2 aliphatic heterocycles. The highest BCUT2D eigenvalue weighted by Gasteiger charge is 2.24. The zero-order chi connectivity index (χ0) is 35.7. The molecule has 10 nitrogen and oxygen atoms in total. The summed E-state index contributed by atoms with van der Waals surface area (Å²) in [5.74, 6) is 1.29. The van der Waals surface area contributed by atoms with Crippen molar-refractivity contribution < 1.29 is 17.9 Å². The molecule has 0 radical (unpaired) electrons. The third-order valence-electron chi connectivity index (χ3n) is 9.85. The number of aryl methyl sites for hydroxylation is 1. The van der Waals surface area contributed by atoms with E-state index in [0.29, 0.717) is 60.4 Å². The van der Waals surface area contributed by atoms with Crippen molar-refractivity contribution in [2.75, 3.05) is 25.2 Å². The Morgan fingerprint density at radius 2 is 1.75 bits per heavy atom. The Morgan fingerprint density at radius 3 is 2.51 bits per heavy atom. The molecule has 2 fully saturated rings. The van der Waals surface area contributed by atoms with Crippen LogP contribution in [0, 0.1) is 0 Å². The summed E-state index contributed by atoms with van der Waals surface area (Å²) in [6, 6.07) is 18.0. The molecule has 51 heavy (non-hydrogen) atoms. The van der Waals surface area contributed by atoms with Crippen LogP contribution >= 0.6 is 23.2 Å². The lowest BCUT2D eigenvalue weighted by atomic mass is 9.99. The van der Waals surface area contributed by atoms with Gasteiger partial charge in [0.25, 0.3) is 0 Å². The predicted octanol–water partition coefficient (Wildman–Crippen LogP) is 6.32. The van der Waals surface area contributed by atoms with Crippen molar-refractivity contribution in [2.24, 2.45) is 7.05 Å². The molecule has 3 aromatic heterocycles. The van der Waals surface area contributed by atoms with Crippen molar-refractivity contribution in [2.45, 2.75) is 50.9 Å². The van der Waals surface area contributed by atoms with Crippen molar-refractivity contribution in [3.8, 4) is 39.4 Å². The Bertz CT molecular complexity index is 2210. The molecule has 5 aromatic rings. The van der Waals surface area contributed by atoms with Crippen molar-refractivity contribution in [1.29, 1.82) is 0 Å². The smallest absolute Gasteiger partial charge is 0.220 e. The number of amides is 1. The number of aromatic nitrogens is 3. The summed E-state index contributed by atoms with van der Waals surface area (Å²) < 4.78 is 31.4. The number of hydrogen-bond acceptors (Lipinski definition) is 8. The largest absolute Gasteiger partial charge is 0.496 e. The van der Waals surface area contributed by atoms with Gasteiger partial charge in [0.15, 0.2) is 0 Å². The van der Waals surface area contributed by atoms with Crippen LogP contribution in [0.2, 0.25) is 10.0 Å². The van der Waals surface area contributed by atoms with E-state index in [9.17, 15) is 13.2 Å². The lowest BCUT2D eigenvalue weighted by Crippen LogP contribution is -2.37. The summed E-state index contributed by atoms with van der Waals surface area (Å²) in [5.41, 5.74) is 7.39. The quantitative estimate of drug-likeness (QED) is 0.143. The van der Waals surface area contributed by atoms with Crippen LogP contribution in [-0.4, -0.2) is 66.1 Å². The molecular weight excluding hydrogens is 707 g/mol. The van der Waals surface area contributed by atoms with Crippen LogP contribution in [0.3, 0.4) is 0 Å². The molecule has 5 heterocycles. The van der Waals surface area contributed by atoms with Gasteiger partial charge in [-0.2, -0.15) is 0 Å². The molecule has 1 amide bonds. The molecule has 266 valence electrons. The van der Waals surface area contributed by atoms with Crippen molar-refractivity contribution in [3.63, 3.8) is 0 Å². The van der Waals surface area contributed by atoms with Gasteiger partial charge in [0.1, 0.15) is 21.2 Å². The Hall–Kier alpha value is -4.00. The van der Waals surface area contributed by atoms with Crippen LogP contribution in [0.1, 0.15) is 36.8 Å². The monoisotopic (exact) mass is 746 g/mol. The van der Waals surface area contributed by atoms with Crippen LogP contribution in [0.4, 0.5) is 0 Å². The van der Waals surface area contributed by atoms with E-state index in [1.165, 1.54) is 0 Å². The van der Waals surface area contributed by atoms with Gasteiger partial charge >= 0.3 is 0 Å². The number of carbonyl (C=O) groups is 1. The zero-order valence-corrected chi connectivity index (χ0v) is 30.8. The maximum absolute atomic E-state index is 11.8. The van der Waals surface area contributed by atoms with Crippen LogP contribution < -0.4 is 20.7 Å². The summed E-state index contributed by atoms with van der Waals surface area (Å²) in [7, 11) is 0.712. The first-order chi connectivity index (χ1) is 24.6. The van der Waals surface area contributed by atoms with E-state index in [4.69, 9.17) is 32.9 Å². The zero-order valence-electron chi connectivity index (χ0n) is 28.5. The molecule has 0 bridgehead atoms. The van der Waals surface area contributed by atoms with Crippen LogP contribution in [-0.2, 0) is 34.8 Å². The van der Waals surface area contributed by atoms with E-state index < -0.39 is 9.84 Å². The second kappa shape index (κ2) is 14.9. The molecule has 0 saturated carbocycles. The topological polar surface area (TPSA) is 127 Å².